The average molecular weight is 353 g/mol. The van der Waals surface area contributed by atoms with Crippen LogP contribution in [0.25, 0.3) is 0 Å². The first-order valence-corrected chi connectivity index (χ1v) is 8.20. The van der Waals surface area contributed by atoms with E-state index in [0.29, 0.717) is 16.5 Å². The molecule has 2 aromatic carbocycles. The fourth-order valence-corrected chi connectivity index (χ4v) is 2.55. The Morgan fingerprint density at radius 1 is 1.04 bits per heavy atom. The molecule has 1 heterocycles. The molecule has 0 aliphatic carbocycles. The van der Waals surface area contributed by atoms with Crippen LogP contribution in [0.2, 0.25) is 5.02 Å². The number of hydrogen-bond donors (Lipinski definition) is 2. The Hall–Kier alpha value is -2.92. The smallest absolute Gasteiger partial charge is 0.270 e. The van der Waals surface area contributed by atoms with E-state index in [1.54, 1.807) is 18.2 Å². The van der Waals surface area contributed by atoms with Crippen LogP contribution in [0.5, 0.6) is 0 Å². The number of nitrogens with zero attached hydrogens (tertiary/aromatic N) is 2. The summed E-state index contributed by atoms with van der Waals surface area (Å²) < 4.78 is 0. The lowest BCUT2D eigenvalue weighted by atomic mass is 10.1. The van der Waals surface area contributed by atoms with Gasteiger partial charge in [0.05, 0.1) is 6.04 Å². The Morgan fingerprint density at radius 3 is 2.60 bits per heavy atom. The first kappa shape index (κ1) is 16.9. The summed E-state index contributed by atoms with van der Waals surface area (Å²) >= 11 is 5.97. The number of halogens is 1. The minimum absolute atomic E-state index is 0.118. The lowest BCUT2D eigenvalue weighted by molar-refractivity contribution is 0.0934. The molecule has 126 valence electrons. The quantitative estimate of drug-likeness (QED) is 0.715. The number of rotatable bonds is 5. The van der Waals surface area contributed by atoms with Crippen molar-refractivity contribution in [3.8, 4) is 0 Å². The van der Waals surface area contributed by atoms with E-state index in [-0.39, 0.29) is 11.9 Å². The molecule has 2 N–H and O–H groups in total. The third-order valence-electron chi connectivity index (χ3n) is 3.64. The molecule has 1 atom stereocenters. The maximum atomic E-state index is 12.4. The molecule has 3 rings (SSSR count). The van der Waals surface area contributed by atoms with Gasteiger partial charge in [0, 0.05) is 16.8 Å². The number of hydrogen-bond acceptors (Lipinski definition) is 4. The highest BCUT2D eigenvalue weighted by atomic mass is 35.5. The minimum atomic E-state index is -0.257. The van der Waals surface area contributed by atoms with Crippen LogP contribution < -0.4 is 10.6 Å². The second-order valence-corrected chi connectivity index (χ2v) is 5.97. The first-order valence-electron chi connectivity index (χ1n) is 7.82. The highest BCUT2D eigenvalue weighted by Crippen LogP contribution is 2.19. The molecular weight excluding hydrogens is 336 g/mol. The summed E-state index contributed by atoms with van der Waals surface area (Å²) in [4.78, 5) is 20.6. The molecule has 0 saturated carbocycles. The Morgan fingerprint density at radius 2 is 1.84 bits per heavy atom. The Kier molecular flexibility index (Phi) is 5.26. The zero-order valence-corrected chi connectivity index (χ0v) is 14.4. The minimum Gasteiger partial charge on any atom is -0.344 e. The van der Waals surface area contributed by atoms with Gasteiger partial charge in [0.25, 0.3) is 5.91 Å². The molecule has 0 bridgehead atoms. The molecule has 0 aliphatic heterocycles. The van der Waals surface area contributed by atoms with Crippen LogP contribution in [0, 0.1) is 0 Å². The van der Waals surface area contributed by atoms with Crippen molar-refractivity contribution in [2.75, 3.05) is 5.32 Å². The van der Waals surface area contributed by atoms with Crippen LogP contribution >= 0.6 is 11.6 Å². The van der Waals surface area contributed by atoms with Crippen molar-refractivity contribution < 1.29 is 4.79 Å². The summed E-state index contributed by atoms with van der Waals surface area (Å²) in [6, 6.07) is 18.5. The van der Waals surface area contributed by atoms with Gasteiger partial charge in [0.1, 0.15) is 17.8 Å². The van der Waals surface area contributed by atoms with Crippen molar-refractivity contribution in [3.05, 3.63) is 83.3 Å². The number of nitrogens with one attached hydrogen (secondary N) is 2. The van der Waals surface area contributed by atoms with E-state index in [0.717, 1.165) is 11.3 Å². The van der Waals surface area contributed by atoms with E-state index in [2.05, 4.69) is 20.6 Å². The molecule has 0 spiro atoms. The van der Waals surface area contributed by atoms with Gasteiger partial charge in [-0.25, -0.2) is 9.97 Å². The molecule has 25 heavy (non-hydrogen) atoms. The SMILES string of the molecule is CC(NC(=O)c1cc(Nc2cccc(Cl)c2)ncn1)c1ccccc1. The normalized spacial score (nSPS) is 11.6. The lowest BCUT2D eigenvalue weighted by Gasteiger charge is -2.14. The number of carbonyl (C=O) groups excluding carboxylic acids is 1. The number of aromatic nitrogens is 2. The van der Waals surface area contributed by atoms with Crippen LogP contribution in [0.1, 0.15) is 29.0 Å². The molecule has 3 aromatic rings. The lowest BCUT2D eigenvalue weighted by Crippen LogP contribution is -2.27. The first-order chi connectivity index (χ1) is 12.1. The van der Waals surface area contributed by atoms with Gasteiger partial charge >= 0.3 is 0 Å². The zero-order valence-electron chi connectivity index (χ0n) is 13.6. The van der Waals surface area contributed by atoms with E-state index in [4.69, 9.17) is 11.6 Å². The van der Waals surface area contributed by atoms with Crippen LogP contribution in [0.4, 0.5) is 11.5 Å². The monoisotopic (exact) mass is 352 g/mol. The predicted molar refractivity (Wildman–Crippen MR) is 99.1 cm³/mol. The number of amides is 1. The maximum Gasteiger partial charge on any atom is 0.270 e. The van der Waals surface area contributed by atoms with E-state index in [1.807, 2.05) is 49.4 Å². The molecule has 6 heteroatoms. The van der Waals surface area contributed by atoms with Gasteiger partial charge in [-0.1, -0.05) is 48.0 Å². The van der Waals surface area contributed by atoms with Crippen molar-refractivity contribution >= 4 is 29.0 Å². The fraction of sp³-hybridized carbons (Fsp3) is 0.105. The molecule has 1 unspecified atom stereocenters. The third kappa shape index (κ3) is 4.55. The molecule has 0 fully saturated rings. The van der Waals surface area contributed by atoms with Crippen LogP contribution in [0.3, 0.4) is 0 Å². The van der Waals surface area contributed by atoms with Gasteiger partial charge in [0.15, 0.2) is 0 Å². The van der Waals surface area contributed by atoms with Crippen LogP contribution in [0.15, 0.2) is 67.0 Å². The molecule has 0 saturated heterocycles. The topological polar surface area (TPSA) is 66.9 Å². The second kappa shape index (κ2) is 7.77. The Labute approximate surface area is 151 Å². The van der Waals surface area contributed by atoms with E-state index in [1.165, 1.54) is 6.33 Å². The standard InChI is InChI=1S/C19H17ClN4O/c1-13(14-6-3-2-4-7-14)23-19(25)17-11-18(22-12-21-17)24-16-9-5-8-15(20)10-16/h2-13H,1H3,(H,23,25)(H,21,22,24). The number of benzene rings is 2. The van der Waals surface area contributed by atoms with Gasteiger partial charge in [-0.3, -0.25) is 4.79 Å². The molecule has 5 nitrogen and oxygen atoms in total. The van der Waals surface area contributed by atoms with Crippen molar-refractivity contribution in [2.45, 2.75) is 13.0 Å². The highest BCUT2D eigenvalue weighted by Gasteiger charge is 2.13. The molecular formula is C19H17ClN4O. The van der Waals surface area contributed by atoms with Crippen molar-refractivity contribution in [1.82, 2.24) is 15.3 Å². The summed E-state index contributed by atoms with van der Waals surface area (Å²) in [7, 11) is 0. The van der Waals surface area contributed by atoms with Crippen molar-refractivity contribution in [1.29, 1.82) is 0 Å². The number of carbonyl (C=O) groups is 1. The van der Waals surface area contributed by atoms with Crippen molar-refractivity contribution in [2.24, 2.45) is 0 Å². The molecule has 0 radical (unpaired) electrons. The number of anilines is 2. The third-order valence-corrected chi connectivity index (χ3v) is 3.88. The average Bonchev–Trinajstić information content (AvgIpc) is 2.62. The summed E-state index contributed by atoms with van der Waals surface area (Å²) in [5.41, 5.74) is 2.11. The van der Waals surface area contributed by atoms with Gasteiger partial charge in [0.2, 0.25) is 0 Å². The maximum absolute atomic E-state index is 12.4. The summed E-state index contributed by atoms with van der Waals surface area (Å²) in [6.45, 7) is 1.93. The van der Waals surface area contributed by atoms with Crippen LogP contribution in [-0.4, -0.2) is 15.9 Å². The fourth-order valence-electron chi connectivity index (χ4n) is 2.36. The molecule has 0 aliphatic rings. The van der Waals surface area contributed by atoms with Crippen molar-refractivity contribution in [3.63, 3.8) is 0 Å². The zero-order chi connectivity index (χ0) is 17.6. The Bertz CT molecular complexity index is 870. The van der Waals surface area contributed by atoms with Gasteiger partial charge in [-0.15, -0.1) is 0 Å². The predicted octanol–water partition coefficient (Wildman–Crippen LogP) is 4.36. The summed E-state index contributed by atoms with van der Waals surface area (Å²) in [5, 5.41) is 6.66. The van der Waals surface area contributed by atoms with Gasteiger partial charge in [-0.2, -0.15) is 0 Å². The molecule has 1 amide bonds. The summed E-state index contributed by atoms with van der Waals surface area (Å²) in [6.07, 6.45) is 1.36. The Balaban J connectivity index is 1.71. The van der Waals surface area contributed by atoms with Gasteiger partial charge < -0.3 is 10.6 Å². The second-order valence-electron chi connectivity index (χ2n) is 5.53. The van der Waals surface area contributed by atoms with E-state index in [9.17, 15) is 4.79 Å². The molecule has 1 aromatic heterocycles. The summed E-state index contributed by atoms with van der Waals surface area (Å²) in [5.74, 6) is 0.266. The van der Waals surface area contributed by atoms with E-state index >= 15 is 0 Å². The van der Waals surface area contributed by atoms with Crippen LogP contribution in [-0.2, 0) is 0 Å². The van der Waals surface area contributed by atoms with Gasteiger partial charge in [-0.05, 0) is 30.7 Å². The highest BCUT2D eigenvalue weighted by molar-refractivity contribution is 6.30. The van der Waals surface area contributed by atoms with E-state index < -0.39 is 0 Å². The largest absolute Gasteiger partial charge is 0.344 e.